The summed E-state index contributed by atoms with van der Waals surface area (Å²) in [5, 5.41) is 72.0. The molecule has 38 nitrogen and oxygen atoms in total. The minimum absolute atomic E-state index is 0.0104. The molecule has 0 radical (unpaired) electrons. The number of aromatic hydroxyl groups is 1. The molecule has 3 aromatic carbocycles. The van der Waals surface area contributed by atoms with Crippen LogP contribution in [-0.4, -0.2) is 270 Å². The average Bonchev–Trinajstić information content (AvgIpc) is 1.27. The number of likely N-dealkylation sites (N-methyl/N-ethyl adjacent to an activating group) is 2. The van der Waals surface area contributed by atoms with E-state index >= 15 is 0 Å². The van der Waals surface area contributed by atoms with Crippen LogP contribution in [0.1, 0.15) is 192 Å². The standard InChI is InChI=1S/C88H131N13O25/c1-6-7-30-65(86(119)101(5)72(53-80(112)113)87(120)100(4)71(81(89)114)50-59-27-21-20-22-28-59)97-84(117)69(51-61-54-92-64-31-26-25-29-63(61)64)95-75(105)55-93-82(115)67(48-58(2)3)98-83(116)68(49-60-34-36-62(102)37-35-60)99-85(118)70(52-79(110)111)96-77(107)57-126-47-45-124-43-41-91-76(106)56-125-46-44-123-42-40-90-73(103)39-38-66(88(121)122)94-74(104)32-23-18-16-14-12-10-8-9-11-13-15-17-19-24-33-78(108)109/h20-22,25-29,31,34-37,54,58,65-72,92,102H,6-19,23-24,30,32-33,38-53,55-57H2,1-5H3,(H2,89,114)(H,90,103)(H,91,106)(H,93,115)(H,94,104)(H,95,105)(H,96,107)(H,97,117)(H,98,116)(H,99,118)(H,108,109)(H,110,111)(H,112,113)(H,121,122)/t65-,66-,67-,68-,69-,70-,71-,72+/m0/s1. The van der Waals surface area contributed by atoms with E-state index in [2.05, 4.69) is 52.8 Å². The number of carboxylic acid groups (broad SMARTS) is 4. The molecule has 0 saturated carbocycles. The molecule has 38 heteroatoms. The van der Waals surface area contributed by atoms with E-state index in [1.807, 2.05) is 6.92 Å². The molecular weight excluding hydrogens is 1640 g/mol. The zero-order chi connectivity index (χ0) is 92.7. The number of carboxylic acids is 4. The Morgan fingerprint density at radius 3 is 1.48 bits per heavy atom. The van der Waals surface area contributed by atoms with Crippen LogP contribution in [0, 0.1) is 5.92 Å². The highest BCUT2D eigenvalue weighted by molar-refractivity contribution is 5.99. The van der Waals surface area contributed by atoms with E-state index in [1.54, 1.807) is 74.6 Å². The molecule has 0 aliphatic heterocycles. The Morgan fingerprint density at radius 1 is 0.421 bits per heavy atom. The zero-order valence-electron chi connectivity index (χ0n) is 73.0. The second-order valence-corrected chi connectivity index (χ2v) is 31.4. The third-order valence-corrected chi connectivity index (χ3v) is 20.6. The van der Waals surface area contributed by atoms with E-state index in [9.17, 15) is 97.1 Å². The molecule has 0 unspecified atom stereocenters. The van der Waals surface area contributed by atoms with Gasteiger partial charge in [-0.25, -0.2) is 4.79 Å². The smallest absolute Gasteiger partial charge is 0.326 e. The number of ether oxygens (including phenoxy) is 4. The number of primary amides is 1. The van der Waals surface area contributed by atoms with Crippen molar-refractivity contribution in [2.24, 2.45) is 11.7 Å². The van der Waals surface area contributed by atoms with E-state index < -0.39 is 163 Å². The molecule has 8 atom stereocenters. The van der Waals surface area contributed by atoms with Gasteiger partial charge in [0.25, 0.3) is 0 Å². The van der Waals surface area contributed by atoms with Gasteiger partial charge in [-0.15, -0.1) is 0 Å². The van der Waals surface area contributed by atoms with Crippen molar-refractivity contribution in [1.82, 2.24) is 62.6 Å². The predicted molar refractivity (Wildman–Crippen MR) is 462 cm³/mol. The average molecular weight is 1770 g/mol. The number of amides is 12. The first-order valence-corrected chi connectivity index (χ1v) is 43.3. The fraction of sp³-hybridized carbons (Fsp3) is 0.591. The number of benzene rings is 3. The van der Waals surface area contributed by atoms with Crippen molar-refractivity contribution in [1.29, 1.82) is 0 Å². The SMILES string of the molecule is CCCC[C@H](NC(=O)[C@H](Cc1c[nH]c2ccccc12)NC(=O)CNC(=O)[C@H](CC(C)C)NC(=O)[C@H](Cc1ccc(O)cc1)NC(=O)[C@H](CC(=O)O)NC(=O)COCCOCCNC(=O)COCCOCCNC(=O)CC[C@H](NC(=O)CCCCCCCCCCCCCCCCC(=O)O)C(=O)O)C(=O)N(C)[C@H](CC(=O)O)C(=O)N(C)[C@@H](Cc1ccccc1)C(N)=O. The third kappa shape index (κ3) is 44.3. The van der Waals surface area contributed by atoms with Crippen LogP contribution >= 0.6 is 0 Å². The first kappa shape index (κ1) is 107. The minimum Gasteiger partial charge on any atom is -0.508 e. The van der Waals surface area contributed by atoms with Gasteiger partial charge in [0.1, 0.15) is 67.3 Å². The summed E-state index contributed by atoms with van der Waals surface area (Å²) in [4.78, 5) is 216. The highest BCUT2D eigenvalue weighted by Gasteiger charge is 2.40. The first-order chi connectivity index (χ1) is 60.3. The molecule has 0 spiro atoms. The second-order valence-electron chi connectivity index (χ2n) is 31.4. The summed E-state index contributed by atoms with van der Waals surface area (Å²) in [6.07, 6.45) is 14.8. The molecule has 4 aromatic rings. The topological polar surface area (TPSA) is 568 Å². The van der Waals surface area contributed by atoms with Crippen molar-refractivity contribution in [3.8, 4) is 5.75 Å². The number of nitrogens with zero attached hydrogens (tertiary/aromatic N) is 2. The molecule has 126 heavy (non-hydrogen) atoms. The highest BCUT2D eigenvalue weighted by Crippen LogP contribution is 2.22. The van der Waals surface area contributed by atoms with Crippen molar-refractivity contribution in [2.75, 3.05) is 86.6 Å². The van der Waals surface area contributed by atoms with Crippen molar-refractivity contribution in [3.05, 3.63) is 102 Å². The number of nitrogens with two attached hydrogens (primary N) is 1. The Balaban J connectivity index is 1.22. The number of H-pyrrole nitrogens is 1. The zero-order valence-corrected chi connectivity index (χ0v) is 73.0. The molecular formula is C88H131N13O25. The van der Waals surface area contributed by atoms with Gasteiger partial charge >= 0.3 is 23.9 Å². The molecule has 0 fully saturated rings. The normalized spacial score (nSPS) is 13.1. The number of carbonyl (C=O) groups is 16. The molecule has 0 aliphatic carbocycles. The summed E-state index contributed by atoms with van der Waals surface area (Å²) >= 11 is 0. The second kappa shape index (κ2) is 60.8. The fourth-order valence-corrected chi connectivity index (χ4v) is 13.7. The third-order valence-electron chi connectivity index (χ3n) is 20.6. The summed E-state index contributed by atoms with van der Waals surface area (Å²) in [6, 6.07) is 9.41. The van der Waals surface area contributed by atoms with Crippen molar-refractivity contribution in [3.63, 3.8) is 0 Å². The monoisotopic (exact) mass is 1770 g/mol. The number of fused-ring (bicyclic) bond motifs is 1. The maximum absolute atomic E-state index is 14.7. The number of para-hydroxylation sites is 1. The number of aromatic amines is 1. The molecule has 0 bridgehead atoms. The van der Waals surface area contributed by atoms with Gasteiger partial charge < -0.3 is 113 Å². The van der Waals surface area contributed by atoms with Crippen LogP contribution in [0.25, 0.3) is 10.9 Å². The lowest BCUT2D eigenvalue weighted by atomic mass is 10.0. The Kier molecular flexibility index (Phi) is 51.5. The lowest BCUT2D eigenvalue weighted by molar-refractivity contribution is -0.152. The van der Waals surface area contributed by atoms with Crippen molar-refractivity contribution in [2.45, 2.75) is 242 Å². The number of unbranched alkanes of at least 4 members (excludes halogenated alkanes) is 14. The largest absolute Gasteiger partial charge is 0.508 e. The van der Waals surface area contributed by atoms with E-state index in [1.165, 1.54) is 64.0 Å². The number of phenolic OH excluding ortho intramolecular Hbond substituents is 1. The molecule has 0 saturated heterocycles. The van der Waals surface area contributed by atoms with Crippen LogP contribution in [0.2, 0.25) is 0 Å². The number of hydrogen-bond acceptors (Lipinski definition) is 21. The lowest BCUT2D eigenvalue weighted by Crippen LogP contribution is -2.60. The van der Waals surface area contributed by atoms with E-state index in [0.29, 0.717) is 46.9 Å². The summed E-state index contributed by atoms with van der Waals surface area (Å²) in [5.74, 6) is -15.1. The van der Waals surface area contributed by atoms with E-state index in [4.69, 9.17) is 29.8 Å². The van der Waals surface area contributed by atoms with Crippen molar-refractivity contribution < 1.29 is 121 Å². The number of hydrogen-bond donors (Lipinski definition) is 16. The van der Waals surface area contributed by atoms with Gasteiger partial charge in [-0.3, -0.25) is 71.9 Å². The maximum Gasteiger partial charge on any atom is 0.326 e. The number of carbonyl (C=O) groups excluding carboxylic acids is 12. The van der Waals surface area contributed by atoms with E-state index in [-0.39, 0.29) is 135 Å². The number of aliphatic carboxylic acids is 4. The lowest BCUT2D eigenvalue weighted by Gasteiger charge is -2.35. The quantitative estimate of drug-likeness (QED) is 0.0280. The van der Waals surface area contributed by atoms with Gasteiger partial charge in [0.15, 0.2) is 0 Å². The van der Waals surface area contributed by atoms with Crippen molar-refractivity contribution >= 4 is 106 Å². The van der Waals surface area contributed by atoms with Gasteiger partial charge in [-0.2, -0.15) is 0 Å². The van der Waals surface area contributed by atoms with Crippen LogP contribution in [0.3, 0.4) is 0 Å². The maximum atomic E-state index is 14.7. The Hall–Kier alpha value is -11.6. The van der Waals surface area contributed by atoms with E-state index in [0.717, 1.165) is 67.6 Å². The number of aromatic nitrogens is 1. The summed E-state index contributed by atoms with van der Waals surface area (Å²) in [5.41, 5.74) is 8.03. The Labute approximate surface area is 734 Å². The number of phenols is 1. The molecule has 12 amide bonds. The number of rotatable bonds is 69. The molecule has 0 aliphatic rings. The Bertz CT molecular complexity index is 4090. The van der Waals surface area contributed by atoms with Gasteiger partial charge in [-0.1, -0.05) is 171 Å². The minimum atomic E-state index is -1.79. The van der Waals surface area contributed by atoms with Crippen LogP contribution in [0.5, 0.6) is 5.75 Å². The Morgan fingerprint density at radius 2 is 0.913 bits per heavy atom. The van der Waals surface area contributed by atoms with Crippen LogP contribution in [0.15, 0.2) is 85.1 Å². The summed E-state index contributed by atoms with van der Waals surface area (Å²) in [7, 11) is 2.47. The molecule has 1 heterocycles. The fourth-order valence-electron chi connectivity index (χ4n) is 13.7. The van der Waals surface area contributed by atoms with Gasteiger partial charge in [0.2, 0.25) is 70.9 Å². The van der Waals surface area contributed by atoms with Gasteiger partial charge in [-0.05, 0) is 72.9 Å². The van der Waals surface area contributed by atoms with Gasteiger partial charge in [0.05, 0.1) is 59.0 Å². The van der Waals surface area contributed by atoms with Crippen LogP contribution in [0.4, 0.5) is 0 Å². The van der Waals surface area contributed by atoms with Gasteiger partial charge in [0, 0.05) is 82.8 Å². The predicted octanol–water partition coefficient (Wildman–Crippen LogP) is 3.74. The van der Waals surface area contributed by atoms with Crippen LogP contribution in [-0.2, 0) is 115 Å². The first-order valence-electron chi connectivity index (χ1n) is 43.3. The highest BCUT2D eigenvalue weighted by atomic mass is 16.5. The molecule has 4 rings (SSSR count). The molecule has 1 aromatic heterocycles. The number of nitrogens with one attached hydrogen (secondary N) is 10. The summed E-state index contributed by atoms with van der Waals surface area (Å²) in [6.45, 7) is 3.71. The van der Waals surface area contributed by atoms with Crippen LogP contribution < -0.4 is 53.6 Å². The molecule has 17 N–H and O–H groups in total. The summed E-state index contributed by atoms with van der Waals surface area (Å²) < 4.78 is 21.6. The molecule has 698 valence electrons.